The second kappa shape index (κ2) is 5.18. The quantitative estimate of drug-likeness (QED) is 0.798. The Morgan fingerprint density at radius 1 is 1.12 bits per heavy atom. The maximum absolute atomic E-state index is 8.69. The van der Waals surface area contributed by atoms with E-state index in [0.29, 0.717) is 12.2 Å². The summed E-state index contributed by atoms with van der Waals surface area (Å²) in [7, 11) is 0. The highest BCUT2D eigenvalue weighted by molar-refractivity contribution is 5.32. The van der Waals surface area contributed by atoms with Crippen molar-refractivity contribution in [1.82, 2.24) is 0 Å². The molecule has 0 heterocycles. The van der Waals surface area contributed by atoms with Gasteiger partial charge in [0.15, 0.2) is 0 Å². The lowest BCUT2D eigenvalue weighted by Gasteiger charge is -2.06. The van der Waals surface area contributed by atoms with Crippen LogP contribution in [0.4, 0.5) is 0 Å². The van der Waals surface area contributed by atoms with Crippen molar-refractivity contribution in [1.29, 1.82) is 5.26 Å². The van der Waals surface area contributed by atoms with Gasteiger partial charge in [-0.05, 0) is 42.3 Å². The van der Waals surface area contributed by atoms with Crippen LogP contribution in [0.1, 0.15) is 16.7 Å². The number of hydrogen-bond acceptors (Lipinski definition) is 2. The van der Waals surface area contributed by atoms with Crippen LogP contribution in [0, 0.1) is 18.3 Å². The molecule has 0 spiro atoms. The zero-order valence-electron chi connectivity index (χ0n) is 9.68. The maximum atomic E-state index is 8.69. The van der Waals surface area contributed by atoms with Gasteiger partial charge in [-0.15, -0.1) is 0 Å². The zero-order valence-corrected chi connectivity index (χ0v) is 9.68. The van der Waals surface area contributed by atoms with E-state index in [1.54, 1.807) is 12.1 Å². The third-order valence-electron chi connectivity index (χ3n) is 2.48. The topological polar surface area (TPSA) is 33.0 Å². The van der Waals surface area contributed by atoms with E-state index in [0.717, 1.165) is 11.3 Å². The Labute approximate surface area is 101 Å². The largest absolute Gasteiger partial charge is 0.489 e. The first-order valence-electron chi connectivity index (χ1n) is 5.46. The third kappa shape index (κ3) is 3.09. The number of nitriles is 1. The first-order valence-corrected chi connectivity index (χ1v) is 5.46. The van der Waals surface area contributed by atoms with Crippen molar-refractivity contribution in [3.8, 4) is 11.8 Å². The van der Waals surface area contributed by atoms with E-state index in [1.807, 2.05) is 43.3 Å². The fraction of sp³-hybridized carbons (Fsp3) is 0.133. The molecule has 2 heteroatoms. The summed E-state index contributed by atoms with van der Waals surface area (Å²) in [5, 5.41) is 8.69. The molecular formula is C15H13NO. The molecule has 2 nitrogen and oxygen atoms in total. The molecular weight excluding hydrogens is 210 g/mol. The number of rotatable bonds is 3. The Morgan fingerprint density at radius 2 is 1.88 bits per heavy atom. The first kappa shape index (κ1) is 11.2. The van der Waals surface area contributed by atoms with Gasteiger partial charge in [0.2, 0.25) is 0 Å². The summed E-state index contributed by atoms with van der Waals surface area (Å²) in [6.07, 6.45) is 0. The molecule has 0 aromatic heterocycles. The Bertz CT molecular complexity index is 538. The van der Waals surface area contributed by atoms with Gasteiger partial charge in [0.25, 0.3) is 0 Å². The van der Waals surface area contributed by atoms with E-state index < -0.39 is 0 Å². The lowest BCUT2D eigenvalue weighted by Crippen LogP contribution is -1.95. The molecule has 0 aliphatic carbocycles. The molecule has 0 bridgehead atoms. The van der Waals surface area contributed by atoms with Gasteiger partial charge in [0.05, 0.1) is 11.6 Å². The molecule has 0 aliphatic heterocycles. The number of aryl methyl sites for hydroxylation is 1. The van der Waals surface area contributed by atoms with Gasteiger partial charge in [-0.25, -0.2) is 0 Å². The van der Waals surface area contributed by atoms with Gasteiger partial charge < -0.3 is 4.74 Å². The summed E-state index contributed by atoms with van der Waals surface area (Å²) < 4.78 is 5.66. The van der Waals surface area contributed by atoms with E-state index in [-0.39, 0.29) is 0 Å². The summed E-state index contributed by atoms with van der Waals surface area (Å²) in [6.45, 7) is 2.56. The van der Waals surface area contributed by atoms with Gasteiger partial charge in [0.1, 0.15) is 12.4 Å². The van der Waals surface area contributed by atoms with Gasteiger partial charge in [-0.3, -0.25) is 0 Å². The van der Waals surface area contributed by atoms with Crippen molar-refractivity contribution in [2.45, 2.75) is 13.5 Å². The van der Waals surface area contributed by atoms with Crippen LogP contribution in [0.5, 0.6) is 5.75 Å². The fourth-order valence-electron chi connectivity index (χ4n) is 1.55. The van der Waals surface area contributed by atoms with Crippen molar-refractivity contribution < 1.29 is 4.74 Å². The molecule has 0 aliphatic rings. The Hall–Kier alpha value is -2.27. The smallest absolute Gasteiger partial charge is 0.120 e. The van der Waals surface area contributed by atoms with Crippen molar-refractivity contribution in [2.75, 3.05) is 0 Å². The average Bonchev–Trinajstić information content (AvgIpc) is 2.37. The number of hydrogen-bond donors (Lipinski definition) is 0. The van der Waals surface area contributed by atoms with Crippen LogP contribution in [0.25, 0.3) is 0 Å². The predicted octanol–water partition coefficient (Wildman–Crippen LogP) is 3.45. The van der Waals surface area contributed by atoms with Crippen LogP contribution in [0.3, 0.4) is 0 Å². The molecule has 0 unspecified atom stereocenters. The number of benzene rings is 2. The monoisotopic (exact) mass is 223 g/mol. The molecule has 0 fully saturated rings. The van der Waals surface area contributed by atoms with Crippen molar-refractivity contribution >= 4 is 0 Å². The summed E-state index contributed by atoms with van der Waals surface area (Å²) in [5.74, 6) is 0.870. The van der Waals surface area contributed by atoms with E-state index in [4.69, 9.17) is 10.00 Å². The zero-order chi connectivity index (χ0) is 12.1. The molecule has 84 valence electrons. The molecule has 0 atom stereocenters. The van der Waals surface area contributed by atoms with Crippen LogP contribution >= 0.6 is 0 Å². The standard InChI is InChI=1S/C15H13NO/c1-12-3-2-4-15(9-12)17-11-14-7-5-13(10-16)6-8-14/h2-9H,11H2,1H3. The van der Waals surface area contributed by atoms with E-state index in [2.05, 4.69) is 6.07 Å². The summed E-state index contributed by atoms with van der Waals surface area (Å²) in [4.78, 5) is 0. The molecule has 17 heavy (non-hydrogen) atoms. The third-order valence-corrected chi connectivity index (χ3v) is 2.48. The Balaban J connectivity index is 2.00. The van der Waals surface area contributed by atoms with Gasteiger partial charge in [-0.1, -0.05) is 24.3 Å². The highest BCUT2D eigenvalue weighted by Gasteiger charge is 1.97. The molecule has 0 radical (unpaired) electrons. The first-order chi connectivity index (χ1) is 8.28. The second-order valence-corrected chi connectivity index (χ2v) is 3.91. The minimum atomic E-state index is 0.523. The normalized spacial score (nSPS) is 9.65. The van der Waals surface area contributed by atoms with Gasteiger partial charge in [-0.2, -0.15) is 5.26 Å². The van der Waals surface area contributed by atoms with Crippen LogP contribution in [0.15, 0.2) is 48.5 Å². The molecule has 0 N–H and O–H groups in total. The summed E-state index contributed by atoms with van der Waals surface area (Å²) in [6, 6.07) is 17.5. The molecule has 0 amide bonds. The SMILES string of the molecule is Cc1cccc(OCc2ccc(C#N)cc2)c1. The number of ether oxygens (including phenoxy) is 1. The minimum Gasteiger partial charge on any atom is -0.489 e. The molecule has 0 saturated heterocycles. The maximum Gasteiger partial charge on any atom is 0.120 e. The van der Waals surface area contributed by atoms with Crippen LogP contribution < -0.4 is 4.74 Å². The molecule has 2 aromatic rings. The molecule has 2 aromatic carbocycles. The van der Waals surface area contributed by atoms with E-state index in [1.165, 1.54) is 5.56 Å². The minimum absolute atomic E-state index is 0.523. The van der Waals surface area contributed by atoms with Gasteiger partial charge in [0, 0.05) is 0 Å². The second-order valence-electron chi connectivity index (χ2n) is 3.91. The lowest BCUT2D eigenvalue weighted by atomic mass is 10.1. The fourth-order valence-corrected chi connectivity index (χ4v) is 1.55. The van der Waals surface area contributed by atoms with E-state index >= 15 is 0 Å². The lowest BCUT2D eigenvalue weighted by molar-refractivity contribution is 0.306. The van der Waals surface area contributed by atoms with Crippen molar-refractivity contribution in [3.05, 3.63) is 65.2 Å². The summed E-state index contributed by atoms with van der Waals surface area (Å²) >= 11 is 0. The van der Waals surface area contributed by atoms with Crippen LogP contribution in [-0.4, -0.2) is 0 Å². The summed E-state index contributed by atoms with van der Waals surface area (Å²) in [5.41, 5.74) is 2.91. The molecule has 0 saturated carbocycles. The number of nitrogens with zero attached hydrogens (tertiary/aromatic N) is 1. The van der Waals surface area contributed by atoms with Crippen molar-refractivity contribution in [2.24, 2.45) is 0 Å². The average molecular weight is 223 g/mol. The molecule has 2 rings (SSSR count). The Morgan fingerprint density at radius 3 is 2.53 bits per heavy atom. The Kier molecular flexibility index (Phi) is 3.42. The van der Waals surface area contributed by atoms with Crippen LogP contribution in [0.2, 0.25) is 0 Å². The van der Waals surface area contributed by atoms with Crippen molar-refractivity contribution in [3.63, 3.8) is 0 Å². The van der Waals surface area contributed by atoms with Gasteiger partial charge >= 0.3 is 0 Å². The predicted molar refractivity (Wildman–Crippen MR) is 66.7 cm³/mol. The highest BCUT2D eigenvalue weighted by Crippen LogP contribution is 2.14. The highest BCUT2D eigenvalue weighted by atomic mass is 16.5. The van der Waals surface area contributed by atoms with E-state index in [9.17, 15) is 0 Å². The van der Waals surface area contributed by atoms with Crippen LogP contribution in [-0.2, 0) is 6.61 Å².